The van der Waals surface area contributed by atoms with Gasteiger partial charge in [0.25, 0.3) is 5.91 Å². The number of piperidine rings is 1. The number of nitrogens with zero attached hydrogens (tertiary/aromatic N) is 1. The minimum Gasteiger partial charge on any atom is -0.334 e. The zero-order chi connectivity index (χ0) is 13.1. The molecule has 0 aliphatic carbocycles. The van der Waals surface area contributed by atoms with Crippen molar-refractivity contribution in [3.05, 3.63) is 21.3 Å². The van der Waals surface area contributed by atoms with Gasteiger partial charge in [-0.1, -0.05) is 24.9 Å². The third-order valence-corrected chi connectivity index (χ3v) is 4.94. The first kappa shape index (κ1) is 13.8. The molecule has 0 bridgehead atoms. The molecule has 0 spiro atoms. The molecule has 0 saturated carbocycles. The van der Waals surface area contributed by atoms with Gasteiger partial charge >= 0.3 is 0 Å². The van der Waals surface area contributed by atoms with Gasteiger partial charge in [0.2, 0.25) is 0 Å². The topological polar surface area (TPSA) is 46.3 Å². The molecule has 18 heavy (non-hydrogen) atoms. The summed E-state index contributed by atoms with van der Waals surface area (Å²) in [5.74, 6) is 0.784. The lowest BCUT2D eigenvalue weighted by atomic mass is 9.89. The molecule has 1 aliphatic rings. The fourth-order valence-corrected chi connectivity index (χ4v) is 3.57. The van der Waals surface area contributed by atoms with Crippen LogP contribution in [0.25, 0.3) is 0 Å². The molecule has 2 N–H and O–H groups in total. The van der Waals surface area contributed by atoms with Gasteiger partial charge in [0.1, 0.15) is 0 Å². The molecular weight excluding hydrogens is 268 g/mol. The smallest absolute Gasteiger partial charge is 0.264 e. The van der Waals surface area contributed by atoms with E-state index in [0.29, 0.717) is 21.7 Å². The molecular formula is C13H19ClN2OS. The van der Waals surface area contributed by atoms with Crippen molar-refractivity contribution in [3.63, 3.8) is 0 Å². The Morgan fingerprint density at radius 2 is 2.39 bits per heavy atom. The van der Waals surface area contributed by atoms with Gasteiger partial charge in [-0.05, 0) is 30.9 Å². The van der Waals surface area contributed by atoms with Crippen molar-refractivity contribution >= 4 is 28.8 Å². The van der Waals surface area contributed by atoms with Crippen molar-refractivity contribution in [1.29, 1.82) is 0 Å². The fraction of sp³-hybridized carbons (Fsp3) is 0.615. The number of amides is 1. The summed E-state index contributed by atoms with van der Waals surface area (Å²) in [6.45, 7) is 3.56. The number of carbonyl (C=O) groups is 1. The molecule has 2 unspecified atom stereocenters. The molecule has 5 heteroatoms. The zero-order valence-electron chi connectivity index (χ0n) is 10.6. The summed E-state index contributed by atoms with van der Waals surface area (Å²) in [7, 11) is 0. The maximum atomic E-state index is 12.4. The van der Waals surface area contributed by atoms with Crippen LogP contribution in [-0.2, 0) is 0 Å². The zero-order valence-corrected chi connectivity index (χ0v) is 12.1. The largest absolute Gasteiger partial charge is 0.334 e. The van der Waals surface area contributed by atoms with Crippen molar-refractivity contribution in [2.75, 3.05) is 13.1 Å². The van der Waals surface area contributed by atoms with Crippen molar-refractivity contribution in [1.82, 2.24) is 4.90 Å². The van der Waals surface area contributed by atoms with Crippen molar-refractivity contribution < 1.29 is 4.79 Å². The predicted molar refractivity (Wildman–Crippen MR) is 76.2 cm³/mol. The maximum absolute atomic E-state index is 12.4. The quantitative estimate of drug-likeness (QED) is 0.928. The highest BCUT2D eigenvalue weighted by atomic mass is 35.5. The highest BCUT2D eigenvalue weighted by Crippen LogP contribution is 2.29. The number of halogens is 1. The molecule has 1 saturated heterocycles. The van der Waals surface area contributed by atoms with E-state index in [0.717, 1.165) is 19.4 Å². The van der Waals surface area contributed by atoms with E-state index in [4.69, 9.17) is 17.3 Å². The van der Waals surface area contributed by atoms with Crippen molar-refractivity contribution in [3.8, 4) is 0 Å². The molecule has 0 radical (unpaired) electrons. The number of carbonyl (C=O) groups excluding carboxylic acids is 1. The molecule has 1 aromatic heterocycles. The van der Waals surface area contributed by atoms with Gasteiger partial charge in [-0.2, -0.15) is 0 Å². The van der Waals surface area contributed by atoms with Gasteiger partial charge < -0.3 is 10.6 Å². The molecule has 0 aromatic carbocycles. The lowest BCUT2D eigenvalue weighted by Crippen LogP contribution is -2.49. The number of likely N-dealkylation sites (tertiary alicyclic amines) is 1. The number of thiophene rings is 1. The van der Waals surface area contributed by atoms with Crippen molar-refractivity contribution in [2.24, 2.45) is 11.7 Å². The van der Waals surface area contributed by atoms with Crippen LogP contribution in [0.2, 0.25) is 4.34 Å². The Labute approximate surface area is 117 Å². The lowest BCUT2D eigenvalue weighted by Gasteiger charge is -2.38. The molecule has 1 aromatic rings. The van der Waals surface area contributed by atoms with Crippen LogP contribution in [0, 0.1) is 5.92 Å². The average molecular weight is 287 g/mol. The van der Waals surface area contributed by atoms with E-state index in [1.54, 1.807) is 12.1 Å². The Morgan fingerprint density at radius 1 is 1.61 bits per heavy atom. The van der Waals surface area contributed by atoms with Gasteiger partial charge in [0.05, 0.1) is 9.21 Å². The standard InChI is InChI=1S/C13H19ClN2OS/c1-2-9-5-6-16(10(7-9)8-15)13(17)11-3-4-12(14)18-11/h3-4,9-10H,2,5-8,15H2,1H3. The molecule has 2 rings (SSSR count). The number of nitrogens with two attached hydrogens (primary N) is 1. The van der Waals surface area contributed by atoms with Gasteiger partial charge in [-0.3, -0.25) is 4.79 Å². The summed E-state index contributed by atoms with van der Waals surface area (Å²) >= 11 is 7.22. The van der Waals surface area contributed by atoms with E-state index >= 15 is 0 Å². The molecule has 1 aliphatic heterocycles. The molecule has 1 fully saturated rings. The van der Waals surface area contributed by atoms with E-state index in [2.05, 4.69) is 6.92 Å². The van der Waals surface area contributed by atoms with Crippen LogP contribution < -0.4 is 5.73 Å². The average Bonchev–Trinajstić information content (AvgIpc) is 2.83. The molecule has 2 atom stereocenters. The molecule has 100 valence electrons. The van der Waals surface area contributed by atoms with Gasteiger partial charge in [-0.15, -0.1) is 11.3 Å². The van der Waals surface area contributed by atoms with E-state index in [-0.39, 0.29) is 11.9 Å². The van der Waals surface area contributed by atoms with Gasteiger partial charge in [0, 0.05) is 19.1 Å². The monoisotopic (exact) mass is 286 g/mol. The van der Waals surface area contributed by atoms with Gasteiger partial charge in [-0.25, -0.2) is 0 Å². The second-order valence-corrected chi connectivity index (χ2v) is 6.51. The van der Waals surface area contributed by atoms with Crippen LogP contribution in [0.1, 0.15) is 35.9 Å². The minimum atomic E-state index is 0.0805. The second kappa shape index (κ2) is 6.04. The Bertz CT molecular complexity index is 421. The third-order valence-electron chi connectivity index (χ3n) is 3.72. The summed E-state index contributed by atoms with van der Waals surface area (Å²) in [5, 5.41) is 0. The number of hydrogen-bond acceptors (Lipinski definition) is 3. The Hall–Kier alpha value is -0.580. The summed E-state index contributed by atoms with van der Waals surface area (Å²) in [6.07, 6.45) is 3.28. The summed E-state index contributed by atoms with van der Waals surface area (Å²) in [5.41, 5.74) is 5.82. The van der Waals surface area contributed by atoms with Crippen LogP contribution in [0.3, 0.4) is 0 Å². The Kier molecular flexibility index (Phi) is 4.65. The van der Waals surface area contributed by atoms with Crippen LogP contribution in [0.15, 0.2) is 12.1 Å². The Balaban J connectivity index is 2.10. The summed E-state index contributed by atoms with van der Waals surface area (Å²) in [6, 6.07) is 3.75. The maximum Gasteiger partial charge on any atom is 0.264 e. The lowest BCUT2D eigenvalue weighted by molar-refractivity contribution is 0.0563. The van der Waals surface area contributed by atoms with Crippen LogP contribution in [0.4, 0.5) is 0 Å². The highest BCUT2D eigenvalue weighted by molar-refractivity contribution is 7.17. The first-order valence-corrected chi connectivity index (χ1v) is 7.61. The highest BCUT2D eigenvalue weighted by Gasteiger charge is 2.31. The molecule has 3 nitrogen and oxygen atoms in total. The number of hydrogen-bond donors (Lipinski definition) is 1. The van der Waals surface area contributed by atoms with Crippen LogP contribution in [0.5, 0.6) is 0 Å². The van der Waals surface area contributed by atoms with Crippen LogP contribution in [-0.4, -0.2) is 29.9 Å². The predicted octanol–water partition coefficient (Wildman–Crippen LogP) is 2.99. The molecule has 1 amide bonds. The fourth-order valence-electron chi connectivity index (χ4n) is 2.57. The first-order valence-electron chi connectivity index (χ1n) is 6.42. The minimum absolute atomic E-state index is 0.0805. The van der Waals surface area contributed by atoms with E-state index in [9.17, 15) is 4.79 Å². The molecule has 2 heterocycles. The van der Waals surface area contributed by atoms with Gasteiger partial charge in [0.15, 0.2) is 0 Å². The van der Waals surface area contributed by atoms with E-state index in [1.807, 2.05) is 4.90 Å². The first-order chi connectivity index (χ1) is 8.65. The van der Waals surface area contributed by atoms with E-state index < -0.39 is 0 Å². The SMILES string of the molecule is CCC1CCN(C(=O)c2ccc(Cl)s2)C(CN)C1. The van der Waals surface area contributed by atoms with Crippen molar-refractivity contribution in [2.45, 2.75) is 32.2 Å². The number of rotatable bonds is 3. The summed E-state index contributed by atoms with van der Waals surface area (Å²) < 4.78 is 0.658. The Morgan fingerprint density at radius 3 is 2.94 bits per heavy atom. The van der Waals surface area contributed by atoms with Crippen LogP contribution >= 0.6 is 22.9 Å². The third kappa shape index (κ3) is 2.87. The normalized spacial score (nSPS) is 24.3. The second-order valence-electron chi connectivity index (χ2n) is 4.79. The van der Waals surface area contributed by atoms with E-state index in [1.165, 1.54) is 17.8 Å². The summed E-state index contributed by atoms with van der Waals surface area (Å²) in [4.78, 5) is 15.0.